The summed E-state index contributed by atoms with van der Waals surface area (Å²) in [4.78, 5) is 26.8. The summed E-state index contributed by atoms with van der Waals surface area (Å²) in [5.41, 5.74) is 1.49. The van der Waals surface area contributed by atoms with Crippen LogP contribution in [-0.2, 0) is 16.6 Å². The zero-order valence-electron chi connectivity index (χ0n) is 13.2. The maximum absolute atomic E-state index is 12.7. The maximum atomic E-state index is 12.7. The number of hydrogen-bond acceptors (Lipinski definition) is 4. The number of nitrogens with zero attached hydrogens (tertiary/aromatic N) is 4. The van der Waals surface area contributed by atoms with Crippen LogP contribution in [0.2, 0.25) is 0 Å². The van der Waals surface area contributed by atoms with E-state index in [4.69, 9.17) is 0 Å². The molecule has 3 heterocycles. The normalized spacial score (nSPS) is 21.5. The second-order valence-electron chi connectivity index (χ2n) is 5.63. The number of rotatable bonds is 4. The number of piperidine rings is 1. The number of carbonyl (C=O) groups excluding carboxylic acids is 2. The zero-order chi connectivity index (χ0) is 16.4. The highest BCUT2D eigenvalue weighted by molar-refractivity contribution is 5.94. The first kappa shape index (κ1) is 15.3. The Labute approximate surface area is 133 Å². The first-order chi connectivity index (χ1) is 11.1. The van der Waals surface area contributed by atoms with Gasteiger partial charge in [0.25, 0.3) is 0 Å². The third kappa shape index (κ3) is 2.84. The van der Waals surface area contributed by atoms with E-state index in [9.17, 15) is 9.59 Å². The summed E-state index contributed by atoms with van der Waals surface area (Å²) < 4.78 is 1.73. The van der Waals surface area contributed by atoms with Gasteiger partial charge in [-0.05, 0) is 19.4 Å². The summed E-state index contributed by atoms with van der Waals surface area (Å²) >= 11 is 0. The van der Waals surface area contributed by atoms with Crippen LogP contribution in [0.5, 0.6) is 0 Å². The molecule has 3 rings (SSSR count). The Bertz CT molecular complexity index is 693. The summed E-state index contributed by atoms with van der Waals surface area (Å²) in [6, 6.07) is 1.56. The van der Waals surface area contributed by atoms with Gasteiger partial charge in [-0.1, -0.05) is 0 Å². The fraction of sp³-hybridized carbons (Fsp3) is 0.467. The van der Waals surface area contributed by atoms with E-state index < -0.39 is 0 Å². The van der Waals surface area contributed by atoms with Gasteiger partial charge in [-0.25, -0.2) is 0 Å². The Kier molecular flexibility index (Phi) is 4.14. The molecule has 2 atom stereocenters. The molecule has 2 aromatic rings. The van der Waals surface area contributed by atoms with Crippen LogP contribution >= 0.6 is 0 Å². The second-order valence-corrected chi connectivity index (χ2v) is 5.63. The molecule has 0 radical (unpaired) electrons. The number of H-pyrrole nitrogens is 1. The second kappa shape index (κ2) is 6.23. The van der Waals surface area contributed by atoms with Crippen LogP contribution in [0.1, 0.15) is 31.5 Å². The first-order valence-electron chi connectivity index (χ1n) is 7.68. The molecule has 23 heavy (non-hydrogen) atoms. The minimum absolute atomic E-state index is 0.0751. The number of likely N-dealkylation sites (tertiary alicyclic amines) is 1. The number of hydrogen-bond donors (Lipinski definition) is 2. The van der Waals surface area contributed by atoms with Gasteiger partial charge in [-0.3, -0.25) is 19.4 Å². The van der Waals surface area contributed by atoms with Gasteiger partial charge >= 0.3 is 0 Å². The Morgan fingerprint density at radius 1 is 1.52 bits per heavy atom. The van der Waals surface area contributed by atoms with Gasteiger partial charge in [0.1, 0.15) is 0 Å². The van der Waals surface area contributed by atoms with Crippen LogP contribution in [0.15, 0.2) is 24.7 Å². The number of amides is 2. The molecule has 1 aliphatic heterocycles. The molecular formula is C15H20N6O2. The molecule has 8 nitrogen and oxygen atoms in total. The van der Waals surface area contributed by atoms with Crippen LogP contribution < -0.4 is 5.32 Å². The van der Waals surface area contributed by atoms with Crippen molar-refractivity contribution in [2.45, 2.75) is 25.8 Å². The van der Waals surface area contributed by atoms with E-state index in [-0.39, 0.29) is 23.8 Å². The van der Waals surface area contributed by atoms with Crippen molar-refractivity contribution in [3.05, 3.63) is 30.4 Å². The van der Waals surface area contributed by atoms with Gasteiger partial charge in [0, 0.05) is 32.4 Å². The van der Waals surface area contributed by atoms with Gasteiger partial charge in [0.15, 0.2) is 0 Å². The van der Waals surface area contributed by atoms with Crippen molar-refractivity contribution in [2.24, 2.45) is 13.0 Å². The molecule has 0 spiro atoms. The summed E-state index contributed by atoms with van der Waals surface area (Å²) in [7, 11) is 1.83. The number of aromatic amines is 1. The van der Waals surface area contributed by atoms with Crippen LogP contribution in [0.4, 0.5) is 5.69 Å². The molecule has 1 saturated heterocycles. The van der Waals surface area contributed by atoms with Gasteiger partial charge < -0.3 is 10.2 Å². The van der Waals surface area contributed by atoms with E-state index in [0.717, 1.165) is 5.69 Å². The molecular weight excluding hydrogens is 296 g/mol. The zero-order valence-corrected chi connectivity index (χ0v) is 13.2. The number of aryl methyl sites for hydroxylation is 1. The summed E-state index contributed by atoms with van der Waals surface area (Å²) in [5, 5.41) is 13.5. The third-order valence-corrected chi connectivity index (χ3v) is 4.31. The third-order valence-electron chi connectivity index (χ3n) is 4.31. The predicted octanol–water partition coefficient (Wildman–Crippen LogP) is 1.08. The molecule has 0 aliphatic carbocycles. The number of nitrogens with one attached hydrogen (secondary N) is 2. The van der Waals surface area contributed by atoms with E-state index in [2.05, 4.69) is 20.6 Å². The quantitative estimate of drug-likeness (QED) is 0.882. The van der Waals surface area contributed by atoms with Crippen LogP contribution in [0, 0.1) is 5.92 Å². The molecule has 2 amide bonds. The molecule has 0 saturated carbocycles. The fourth-order valence-corrected chi connectivity index (χ4v) is 3.19. The lowest BCUT2D eigenvalue weighted by atomic mass is 9.85. The highest BCUT2D eigenvalue weighted by Crippen LogP contribution is 2.36. The molecule has 122 valence electrons. The van der Waals surface area contributed by atoms with E-state index in [1.165, 1.54) is 0 Å². The average molecular weight is 316 g/mol. The smallest absolute Gasteiger partial charge is 0.230 e. The lowest BCUT2D eigenvalue weighted by Gasteiger charge is -2.39. The highest BCUT2D eigenvalue weighted by atomic mass is 16.2. The van der Waals surface area contributed by atoms with Crippen molar-refractivity contribution in [1.82, 2.24) is 24.9 Å². The Balaban J connectivity index is 1.91. The lowest BCUT2D eigenvalue weighted by Crippen LogP contribution is -2.47. The van der Waals surface area contributed by atoms with E-state index in [0.29, 0.717) is 25.1 Å². The van der Waals surface area contributed by atoms with Crippen LogP contribution in [-0.4, -0.2) is 43.2 Å². The van der Waals surface area contributed by atoms with Crippen LogP contribution in [0.3, 0.4) is 0 Å². The van der Waals surface area contributed by atoms with Gasteiger partial charge in [-0.2, -0.15) is 10.2 Å². The molecule has 1 fully saturated rings. The van der Waals surface area contributed by atoms with Crippen molar-refractivity contribution < 1.29 is 9.59 Å². The number of aromatic nitrogens is 4. The van der Waals surface area contributed by atoms with E-state index in [1.807, 2.05) is 20.0 Å². The highest BCUT2D eigenvalue weighted by Gasteiger charge is 2.41. The molecule has 0 unspecified atom stereocenters. The lowest BCUT2D eigenvalue weighted by molar-refractivity contribution is -0.142. The largest absolute Gasteiger partial charge is 0.334 e. The van der Waals surface area contributed by atoms with Crippen molar-refractivity contribution in [3.8, 4) is 0 Å². The van der Waals surface area contributed by atoms with Gasteiger partial charge in [0.05, 0.1) is 29.5 Å². The molecule has 1 aliphatic rings. The first-order valence-corrected chi connectivity index (χ1v) is 7.68. The van der Waals surface area contributed by atoms with E-state index in [1.54, 1.807) is 28.2 Å². The van der Waals surface area contributed by atoms with Crippen molar-refractivity contribution in [1.29, 1.82) is 0 Å². The van der Waals surface area contributed by atoms with Crippen molar-refractivity contribution in [3.63, 3.8) is 0 Å². The number of carbonyl (C=O) groups is 2. The Morgan fingerprint density at radius 2 is 2.35 bits per heavy atom. The monoisotopic (exact) mass is 316 g/mol. The average Bonchev–Trinajstić information content (AvgIpc) is 3.18. The topological polar surface area (TPSA) is 95.9 Å². The minimum atomic E-state index is -0.321. The SMILES string of the molecule is CCN1C(=O)CC[C@H](C(=O)Nc2cn[nH]c2)[C@H]1c1ccnn1C. The standard InChI is InChI=1S/C15H20N6O2/c1-3-21-13(22)5-4-11(14(21)12-6-7-18-20(12)2)15(23)19-10-8-16-17-9-10/h6-9,11,14H,3-5H2,1-2H3,(H,16,17)(H,19,23)/t11-,14-/m0/s1. The van der Waals surface area contributed by atoms with Crippen LogP contribution in [0.25, 0.3) is 0 Å². The predicted molar refractivity (Wildman–Crippen MR) is 83.3 cm³/mol. The van der Waals surface area contributed by atoms with Gasteiger partial charge in [-0.15, -0.1) is 0 Å². The fourth-order valence-electron chi connectivity index (χ4n) is 3.19. The maximum Gasteiger partial charge on any atom is 0.230 e. The van der Waals surface area contributed by atoms with E-state index >= 15 is 0 Å². The molecule has 8 heteroatoms. The Hall–Kier alpha value is -2.64. The number of anilines is 1. The van der Waals surface area contributed by atoms with Gasteiger partial charge in [0.2, 0.25) is 11.8 Å². The summed E-state index contributed by atoms with van der Waals surface area (Å²) in [5.74, 6) is -0.354. The molecule has 0 aromatic carbocycles. The minimum Gasteiger partial charge on any atom is -0.334 e. The summed E-state index contributed by atoms with van der Waals surface area (Å²) in [6.45, 7) is 2.49. The molecule has 0 bridgehead atoms. The Morgan fingerprint density at radius 3 is 2.96 bits per heavy atom. The molecule has 2 aromatic heterocycles. The summed E-state index contributed by atoms with van der Waals surface area (Å²) in [6.07, 6.45) is 5.78. The molecule has 2 N–H and O–H groups in total. The van der Waals surface area contributed by atoms with Crippen molar-refractivity contribution >= 4 is 17.5 Å². The van der Waals surface area contributed by atoms with Crippen molar-refractivity contribution in [2.75, 3.05) is 11.9 Å².